The first-order valence-corrected chi connectivity index (χ1v) is 5.54. The highest BCUT2D eigenvalue weighted by Crippen LogP contribution is 2.53. The fourth-order valence-electron chi connectivity index (χ4n) is 2.05. The van der Waals surface area contributed by atoms with Gasteiger partial charge in [0.15, 0.2) is 11.4 Å². The molecule has 0 amide bonds. The van der Waals surface area contributed by atoms with E-state index in [0.717, 1.165) is 18.2 Å². The summed E-state index contributed by atoms with van der Waals surface area (Å²) in [7, 11) is 0. The van der Waals surface area contributed by atoms with E-state index in [1.165, 1.54) is 6.07 Å². The molecule has 0 bridgehead atoms. The molecule has 2 aromatic rings. The van der Waals surface area contributed by atoms with Gasteiger partial charge < -0.3 is 10.2 Å². The third-order valence-electron chi connectivity index (χ3n) is 3.61. The maximum absolute atomic E-state index is 13.4. The van der Waals surface area contributed by atoms with Gasteiger partial charge >= 0.3 is 0 Å². The minimum atomic E-state index is -0.322. The van der Waals surface area contributed by atoms with Crippen LogP contribution in [-0.2, 0) is 0 Å². The number of hydrogen-bond donors (Lipinski definition) is 1. The molecule has 1 aromatic carbocycles. The summed E-state index contributed by atoms with van der Waals surface area (Å²) >= 11 is 0. The van der Waals surface area contributed by atoms with Crippen LogP contribution in [0.25, 0.3) is 11.0 Å². The maximum atomic E-state index is 13.4. The van der Waals surface area contributed by atoms with Crippen LogP contribution < -0.4 is 5.73 Å². The first-order chi connectivity index (χ1) is 7.60. The molecule has 0 spiro atoms. The zero-order valence-electron chi connectivity index (χ0n) is 9.16. The van der Waals surface area contributed by atoms with Gasteiger partial charge in [-0.2, -0.15) is 0 Å². The minimum absolute atomic E-state index is 0.126. The van der Waals surface area contributed by atoms with Crippen LogP contribution in [0, 0.1) is 11.2 Å². The number of nitrogens with two attached hydrogens (primary N) is 1. The summed E-state index contributed by atoms with van der Waals surface area (Å²) in [6, 6.07) is 6.65. The van der Waals surface area contributed by atoms with Gasteiger partial charge in [0.2, 0.25) is 0 Å². The second-order valence-electron chi connectivity index (χ2n) is 4.94. The highest BCUT2D eigenvalue weighted by molar-refractivity contribution is 5.78. The van der Waals surface area contributed by atoms with Crippen LogP contribution in [0.1, 0.15) is 31.6 Å². The lowest BCUT2D eigenvalue weighted by atomic mass is 9.97. The normalized spacial score (nSPS) is 19.9. The van der Waals surface area contributed by atoms with Gasteiger partial charge in [0.05, 0.1) is 6.04 Å². The van der Waals surface area contributed by atoms with Gasteiger partial charge in [-0.15, -0.1) is 0 Å². The Morgan fingerprint density at radius 3 is 2.81 bits per heavy atom. The Bertz CT molecular complexity index is 542. The van der Waals surface area contributed by atoms with E-state index in [1.54, 1.807) is 6.07 Å². The van der Waals surface area contributed by atoms with Crippen LogP contribution in [0.15, 0.2) is 28.7 Å². The quantitative estimate of drug-likeness (QED) is 0.841. The molecule has 3 rings (SSSR count). The van der Waals surface area contributed by atoms with E-state index in [4.69, 9.17) is 10.2 Å². The molecule has 1 aliphatic carbocycles. The van der Waals surface area contributed by atoms with Gasteiger partial charge in [0.25, 0.3) is 0 Å². The van der Waals surface area contributed by atoms with Crippen LogP contribution in [-0.4, -0.2) is 0 Å². The van der Waals surface area contributed by atoms with Crippen LogP contribution >= 0.6 is 0 Å². The first kappa shape index (κ1) is 9.85. The Labute approximate surface area is 93.2 Å². The molecule has 1 saturated carbocycles. The van der Waals surface area contributed by atoms with Crippen LogP contribution in [0.2, 0.25) is 0 Å². The summed E-state index contributed by atoms with van der Waals surface area (Å²) < 4.78 is 19.0. The van der Waals surface area contributed by atoms with E-state index < -0.39 is 0 Å². The predicted molar refractivity (Wildman–Crippen MR) is 60.4 cm³/mol. The Hall–Kier alpha value is -1.35. The van der Waals surface area contributed by atoms with Crippen LogP contribution in [0.3, 0.4) is 0 Å². The Kier molecular flexibility index (Phi) is 1.89. The second-order valence-corrected chi connectivity index (χ2v) is 4.94. The molecule has 16 heavy (non-hydrogen) atoms. The fourth-order valence-corrected chi connectivity index (χ4v) is 2.05. The number of rotatable bonds is 2. The third kappa shape index (κ3) is 1.35. The summed E-state index contributed by atoms with van der Waals surface area (Å²) in [6.45, 7) is 2.14. The van der Waals surface area contributed by atoms with Crippen molar-refractivity contribution in [2.75, 3.05) is 0 Å². The van der Waals surface area contributed by atoms with Crippen molar-refractivity contribution in [1.29, 1.82) is 0 Å². The average molecular weight is 219 g/mol. The molecule has 0 saturated heterocycles. The van der Waals surface area contributed by atoms with E-state index in [2.05, 4.69) is 6.92 Å². The molecule has 0 aliphatic heterocycles. The lowest BCUT2D eigenvalue weighted by molar-refractivity contribution is 0.376. The van der Waals surface area contributed by atoms with Gasteiger partial charge in [-0.05, 0) is 30.4 Å². The Balaban J connectivity index is 2.08. The summed E-state index contributed by atoms with van der Waals surface area (Å²) in [5.41, 5.74) is 6.59. The molecule has 1 fully saturated rings. The molecule has 2 N–H and O–H groups in total. The number of benzene rings is 1. The van der Waals surface area contributed by atoms with Gasteiger partial charge in [0, 0.05) is 5.39 Å². The zero-order chi connectivity index (χ0) is 11.3. The molecule has 1 atom stereocenters. The van der Waals surface area contributed by atoms with E-state index in [0.29, 0.717) is 11.3 Å². The molecule has 1 aromatic heterocycles. The van der Waals surface area contributed by atoms with Crippen molar-refractivity contribution < 1.29 is 8.81 Å². The molecular weight excluding hydrogens is 205 g/mol. The fraction of sp³-hybridized carbons (Fsp3) is 0.385. The van der Waals surface area contributed by atoms with E-state index in [-0.39, 0.29) is 17.3 Å². The lowest BCUT2D eigenvalue weighted by Gasteiger charge is -2.15. The van der Waals surface area contributed by atoms with Gasteiger partial charge in [-0.25, -0.2) is 4.39 Å². The summed E-state index contributed by atoms with van der Waals surface area (Å²) in [6.07, 6.45) is 2.24. The Morgan fingerprint density at radius 2 is 2.19 bits per heavy atom. The van der Waals surface area contributed by atoms with Gasteiger partial charge in [0.1, 0.15) is 5.76 Å². The van der Waals surface area contributed by atoms with Crippen molar-refractivity contribution in [3.05, 3.63) is 35.8 Å². The monoisotopic (exact) mass is 219 g/mol. The molecule has 84 valence electrons. The van der Waals surface area contributed by atoms with E-state index in [1.807, 2.05) is 12.1 Å². The highest BCUT2D eigenvalue weighted by Gasteiger charge is 2.45. The van der Waals surface area contributed by atoms with Crippen molar-refractivity contribution in [3.8, 4) is 0 Å². The van der Waals surface area contributed by atoms with Crippen LogP contribution in [0.4, 0.5) is 4.39 Å². The molecule has 1 heterocycles. The number of halogens is 1. The van der Waals surface area contributed by atoms with Gasteiger partial charge in [-0.1, -0.05) is 19.1 Å². The third-order valence-corrected chi connectivity index (χ3v) is 3.61. The molecule has 1 aliphatic rings. The summed E-state index contributed by atoms with van der Waals surface area (Å²) in [5, 5.41) is 0.787. The SMILES string of the molecule is CC1(C(N)c2cc3cccc(F)c3o2)CC1. The largest absolute Gasteiger partial charge is 0.456 e. The average Bonchev–Trinajstić information content (AvgIpc) is 2.86. The van der Waals surface area contributed by atoms with Crippen molar-refractivity contribution >= 4 is 11.0 Å². The van der Waals surface area contributed by atoms with Crippen LogP contribution in [0.5, 0.6) is 0 Å². The lowest BCUT2D eigenvalue weighted by Crippen LogP contribution is -2.19. The Morgan fingerprint density at radius 1 is 1.44 bits per heavy atom. The number of fused-ring (bicyclic) bond motifs is 1. The number of hydrogen-bond acceptors (Lipinski definition) is 2. The van der Waals surface area contributed by atoms with Crippen molar-refractivity contribution in [2.45, 2.75) is 25.8 Å². The molecule has 2 nitrogen and oxygen atoms in total. The topological polar surface area (TPSA) is 39.2 Å². The smallest absolute Gasteiger partial charge is 0.169 e. The van der Waals surface area contributed by atoms with Crippen molar-refractivity contribution in [3.63, 3.8) is 0 Å². The molecule has 3 heteroatoms. The molecule has 1 unspecified atom stereocenters. The standard InChI is InChI=1S/C13H14FNO/c1-13(5-6-13)12(15)10-7-8-3-2-4-9(14)11(8)16-10/h2-4,7,12H,5-6,15H2,1H3. The van der Waals surface area contributed by atoms with Crippen molar-refractivity contribution in [2.24, 2.45) is 11.1 Å². The predicted octanol–water partition coefficient (Wildman–Crippen LogP) is 3.37. The summed E-state index contributed by atoms with van der Waals surface area (Å²) in [4.78, 5) is 0. The summed E-state index contributed by atoms with van der Waals surface area (Å²) in [5.74, 6) is 0.372. The maximum Gasteiger partial charge on any atom is 0.169 e. The van der Waals surface area contributed by atoms with E-state index in [9.17, 15) is 4.39 Å². The first-order valence-electron chi connectivity index (χ1n) is 5.54. The molecular formula is C13H14FNO. The number of para-hydroxylation sites is 1. The number of furan rings is 1. The van der Waals surface area contributed by atoms with Crippen molar-refractivity contribution in [1.82, 2.24) is 0 Å². The van der Waals surface area contributed by atoms with E-state index >= 15 is 0 Å². The van der Waals surface area contributed by atoms with Gasteiger partial charge in [-0.3, -0.25) is 0 Å². The molecule has 0 radical (unpaired) electrons. The second kappa shape index (κ2) is 3.08. The minimum Gasteiger partial charge on any atom is -0.456 e. The highest BCUT2D eigenvalue weighted by atomic mass is 19.1. The zero-order valence-corrected chi connectivity index (χ0v) is 9.16.